The molecule has 1 aliphatic carbocycles. The van der Waals surface area contributed by atoms with Crippen molar-refractivity contribution in [3.05, 3.63) is 36.7 Å². The van der Waals surface area contributed by atoms with E-state index in [0.29, 0.717) is 17.9 Å². The molecule has 2 N–H and O–H groups in total. The largest absolute Gasteiger partial charge is 0.481 e. The molecule has 0 bridgehead atoms. The maximum Gasteiger partial charge on any atom is 0.312 e. The smallest absolute Gasteiger partial charge is 0.312 e. The van der Waals surface area contributed by atoms with Crippen molar-refractivity contribution in [3.8, 4) is 0 Å². The number of likely N-dealkylation sites (N-methyl/N-ethyl adjacent to an activating group) is 1. The predicted molar refractivity (Wildman–Crippen MR) is 135 cm³/mol. The van der Waals surface area contributed by atoms with Gasteiger partial charge in [0.25, 0.3) is 0 Å². The molecule has 0 spiro atoms. The average molecular weight is 444 g/mol. The van der Waals surface area contributed by atoms with Gasteiger partial charge >= 0.3 is 5.97 Å². The summed E-state index contributed by atoms with van der Waals surface area (Å²) in [5, 5.41) is 12.6. The molecule has 32 heavy (non-hydrogen) atoms. The van der Waals surface area contributed by atoms with Crippen LogP contribution >= 0.6 is 0 Å². The summed E-state index contributed by atoms with van der Waals surface area (Å²) in [6.45, 7) is 7.70. The number of aliphatic carboxylic acids is 1. The summed E-state index contributed by atoms with van der Waals surface area (Å²) in [6.07, 6.45) is 24.3. The Morgan fingerprint density at radius 2 is 1.97 bits per heavy atom. The lowest BCUT2D eigenvalue weighted by Crippen LogP contribution is -2.41. The number of nitrogens with one attached hydrogen (secondary N) is 1. The van der Waals surface area contributed by atoms with Crippen LogP contribution in [0.5, 0.6) is 0 Å². The number of hydrogen-bond acceptors (Lipinski definition) is 4. The Labute approximate surface area is 195 Å². The molecule has 0 aromatic carbocycles. The molecule has 2 rings (SSSR count). The summed E-state index contributed by atoms with van der Waals surface area (Å²) >= 11 is 0. The molecule has 2 aliphatic rings. The molecule has 180 valence electrons. The molecule has 5 atom stereocenters. The summed E-state index contributed by atoms with van der Waals surface area (Å²) in [6, 6.07) is 0.223. The number of aliphatic imine (C=N–C) groups is 1. The Kier molecular flexibility index (Phi) is 11.8. The third-order valence-corrected chi connectivity index (χ3v) is 6.88. The van der Waals surface area contributed by atoms with Crippen molar-refractivity contribution in [2.24, 2.45) is 28.7 Å². The van der Waals surface area contributed by atoms with E-state index >= 15 is 0 Å². The summed E-state index contributed by atoms with van der Waals surface area (Å²) in [4.78, 5) is 17.7. The van der Waals surface area contributed by atoms with Crippen LogP contribution in [0.25, 0.3) is 0 Å². The first-order valence-corrected chi connectivity index (χ1v) is 12.7. The van der Waals surface area contributed by atoms with Gasteiger partial charge in [0.1, 0.15) is 0 Å². The maximum atomic E-state index is 11.3. The van der Waals surface area contributed by atoms with E-state index in [1.807, 2.05) is 0 Å². The lowest BCUT2D eigenvalue weighted by Gasteiger charge is -2.22. The van der Waals surface area contributed by atoms with Gasteiger partial charge in [-0.25, -0.2) is 0 Å². The van der Waals surface area contributed by atoms with Crippen LogP contribution in [-0.4, -0.2) is 47.9 Å². The molecule has 1 saturated carbocycles. The minimum absolute atomic E-state index is 0.202. The van der Waals surface area contributed by atoms with Crippen molar-refractivity contribution < 1.29 is 9.90 Å². The summed E-state index contributed by atoms with van der Waals surface area (Å²) in [7, 11) is 2.18. The molecule has 0 amide bonds. The lowest BCUT2D eigenvalue weighted by molar-refractivity contribution is -0.140. The van der Waals surface area contributed by atoms with E-state index in [4.69, 9.17) is 0 Å². The fourth-order valence-corrected chi connectivity index (χ4v) is 4.24. The Bertz CT molecular complexity index is 666. The van der Waals surface area contributed by atoms with Crippen molar-refractivity contribution >= 4 is 12.2 Å². The zero-order valence-corrected chi connectivity index (χ0v) is 20.6. The number of carboxylic acid groups (broad SMARTS) is 1. The van der Waals surface area contributed by atoms with Crippen LogP contribution in [0.4, 0.5) is 0 Å². The van der Waals surface area contributed by atoms with E-state index in [9.17, 15) is 9.90 Å². The van der Waals surface area contributed by atoms with Gasteiger partial charge in [-0.1, -0.05) is 57.4 Å². The van der Waals surface area contributed by atoms with Crippen molar-refractivity contribution in [2.45, 2.75) is 84.2 Å². The van der Waals surface area contributed by atoms with Crippen molar-refractivity contribution in [3.63, 3.8) is 0 Å². The molecule has 0 aromatic rings. The highest BCUT2D eigenvalue weighted by Gasteiger charge is 2.26. The Hall–Kier alpha value is -1.88. The SMILES string of the molecule is CCCC(/C=C/N(C)C(C)/C=C\C(C)C1CC1)CCCCCNC1C=NC=CC1C(=O)O. The molecule has 1 aliphatic heterocycles. The van der Waals surface area contributed by atoms with Gasteiger partial charge in [-0.3, -0.25) is 9.79 Å². The third kappa shape index (κ3) is 9.72. The summed E-state index contributed by atoms with van der Waals surface area (Å²) in [5.41, 5.74) is 0. The fourth-order valence-electron chi connectivity index (χ4n) is 4.24. The van der Waals surface area contributed by atoms with Gasteiger partial charge in [0.05, 0.1) is 12.0 Å². The van der Waals surface area contributed by atoms with E-state index in [1.165, 1.54) is 38.5 Å². The van der Waals surface area contributed by atoms with Gasteiger partial charge in [0, 0.05) is 25.5 Å². The highest BCUT2D eigenvalue weighted by Crippen LogP contribution is 2.37. The Balaban J connectivity index is 1.65. The third-order valence-electron chi connectivity index (χ3n) is 6.88. The number of unbranched alkanes of at least 4 members (excludes halogenated alkanes) is 2. The van der Waals surface area contributed by atoms with Crippen molar-refractivity contribution in [1.82, 2.24) is 10.2 Å². The first-order valence-electron chi connectivity index (χ1n) is 12.7. The molecule has 5 nitrogen and oxygen atoms in total. The van der Waals surface area contributed by atoms with Gasteiger partial charge in [0.2, 0.25) is 0 Å². The van der Waals surface area contributed by atoms with Crippen LogP contribution in [0.15, 0.2) is 41.7 Å². The van der Waals surface area contributed by atoms with Crippen LogP contribution in [0.3, 0.4) is 0 Å². The highest BCUT2D eigenvalue weighted by atomic mass is 16.4. The van der Waals surface area contributed by atoms with Crippen molar-refractivity contribution in [2.75, 3.05) is 13.6 Å². The second-order valence-corrected chi connectivity index (χ2v) is 9.71. The molecule has 5 heteroatoms. The topological polar surface area (TPSA) is 64.9 Å². The number of carbonyl (C=O) groups is 1. The van der Waals surface area contributed by atoms with Gasteiger partial charge in [0.15, 0.2) is 0 Å². The number of carboxylic acids is 1. The quantitative estimate of drug-likeness (QED) is 0.239. The Morgan fingerprint density at radius 3 is 2.66 bits per heavy atom. The van der Waals surface area contributed by atoms with E-state index in [0.717, 1.165) is 25.3 Å². The lowest BCUT2D eigenvalue weighted by atomic mass is 9.96. The van der Waals surface area contributed by atoms with Crippen LogP contribution < -0.4 is 5.32 Å². The van der Waals surface area contributed by atoms with Gasteiger partial charge in [-0.15, -0.1) is 0 Å². The van der Waals surface area contributed by atoms with E-state index < -0.39 is 11.9 Å². The van der Waals surface area contributed by atoms with Crippen LogP contribution in [0.2, 0.25) is 0 Å². The number of hydrogen-bond donors (Lipinski definition) is 2. The molecular formula is C27H45N3O2. The minimum atomic E-state index is -0.800. The average Bonchev–Trinajstić information content (AvgIpc) is 3.63. The van der Waals surface area contributed by atoms with Crippen LogP contribution in [0.1, 0.15) is 72.1 Å². The number of nitrogens with zero attached hydrogens (tertiary/aromatic N) is 2. The summed E-state index contributed by atoms with van der Waals surface area (Å²) < 4.78 is 0. The first-order chi connectivity index (χ1) is 15.4. The maximum absolute atomic E-state index is 11.3. The highest BCUT2D eigenvalue weighted by molar-refractivity contribution is 5.81. The zero-order chi connectivity index (χ0) is 23.3. The van der Waals surface area contributed by atoms with Crippen LogP contribution in [0, 0.1) is 23.7 Å². The second kappa shape index (κ2) is 14.3. The molecule has 5 unspecified atom stereocenters. The van der Waals surface area contributed by atoms with E-state index in [1.54, 1.807) is 18.5 Å². The molecule has 0 saturated heterocycles. The van der Waals surface area contributed by atoms with Crippen molar-refractivity contribution in [1.29, 1.82) is 0 Å². The first kappa shape index (κ1) is 26.4. The zero-order valence-electron chi connectivity index (χ0n) is 20.6. The Morgan fingerprint density at radius 1 is 1.19 bits per heavy atom. The normalized spacial score (nSPS) is 23.6. The second-order valence-electron chi connectivity index (χ2n) is 9.71. The molecule has 0 aromatic heterocycles. The summed E-state index contributed by atoms with van der Waals surface area (Å²) in [5.74, 6) is 0.955. The van der Waals surface area contributed by atoms with Gasteiger partial charge < -0.3 is 15.3 Å². The molecular weight excluding hydrogens is 398 g/mol. The van der Waals surface area contributed by atoms with Gasteiger partial charge in [-0.05, 0) is 69.5 Å². The van der Waals surface area contributed by atoms with Crippen LogP contribution in [-0.2, 0) is 4.79 Å². The molecule has 1 heterocycles. The monoisotopic (exact) mass is 443 g/mol. The molecule has 0 radical (unpaired) electrons. The standard InChI is InChI=1S/C27H45N3O2/c1-5-9-23(16-19-30(4)22(3)12-11-21(2)24-13-14-24)10-7-6-8-17-29-26-20-28-18-15-25(26)27(31)32/h11-12,15-16,18-26,29H,5-10,13-14,17H2,1-4H3,(H,31,32)/b12-11-,19-16+. The fraction of sp³-hybridized carbons (Fsp3) is 0.704. The predicted octanol–water partition coefficient (Wildman–Crippen LogP) is 5.66. The molecule has 1 fully saturated rings. The van der Waals surface area contributed by atoms with E-state index in [2.05, 4.69) is 67.5 Å². The minimum Gasteiger partial charge on any atom is -0.481 e. The number of rotatable bonds is 16. The van der Waals surface area contributed by atoms with Gasteiger partial charge in [-0.2, -0.15) is 0 Å². The van der Waals surface area contributed by atoms with E-state index in [-0.39, 0.29) is 6.04 Å². The number of allylic oxidation sites excluding steroid dienone is 2.